The minimum Gasteiger partial charge on any atom is -0.481 e. The summed E-state index contributed by atoms with van der Waals surface area (Å²) in [4.78, 5) is 11.8. The lowest BCUT2D eigenvalue weighted by Gasteiger charge is -2.14. The van der Waals surface area contributed by atoms with Crippen LogP contribution in [0.25, 0.3) is 0 Å². The molecule has 1 aromatic rings. The van der Waals surface area contributed by atoms with Crippen LogP contribution in [0.3, 0.4) is 0 Å². The molecule has 0 saturated heterocycles. The predicted molar refractivity (Wildman–Crippen MR) is 83.7 cm³/mol. The third-order valence-electron chi connectivity index (χ3n) is 3.31. The van der Waals surface area contributed by atoms with Crippen molar-refractivity contribution in [2.24, 2.45) is 0 Å². The van der Waals surface area contributed by atoms with Crippen LogP contribution in [0, 0.1) is 0 Å². The molecule has 2 N–H and O–H groups in total. The standard InChI is InChI=1S/C14H17Br2NO3/c15-11-5-9(7-18)6-12(16)14(11)20-8-13(19)17-10-3-1-2-4-10/h5-6,10,18H,1-4,7-8H2,(H,17,19). The molecular formula is C14H17Br2NO3. The quantitative estimate of drug-likeness (QED) is 0.789. The van der Waals surface area contributed by atoms with Gasteiger partial charge in [-0.3, -0.25) is 4.79 Å². The second-order valence-electron chi connectivity index (χ2n) is 4.88. The van der Waals surface area contributed by atoms with Gasteiger partial charge in [-0.15, -0.1) is 0 Å². The molecule has 0 radical (unpaired) electrons. The number of hydrogen-bond donors (Lipinski definition) is 2. The molecule has 1 aromatic carbocycles. The van der Waals surface area contributed by atoms with Crippen molar-refractivity contribution in [3.8, 4) is 5.75 Å². The van der Waals surface area contributed by atoms with Crippen LogP contribution < -0.4 is 10.1 Å². The van der Waals surface area contributed by atoms with E-state index >= 15 is 0 Å². The summed E-state index contributed by atoms with van der Waals surface area (Å²) < 4.78 is 6.98. The zero-order valence-electron chi connectivity index (χ0n) is 11.0. The van der Waals surface area contributed by atoms with Crippen molar-refractivity contribution in [1.29, 1.82) is 0 Å². The third-order valence-corrected chi connectivity index (χ3v) is 4.49. The Hall–Kier alpha value is -0.590. The topological polar surface area (TPSA) is 58.6 Å². The van der Waals surface area contributed by atoms with Crippen LogP contribution in [0.15, 0.2) is 21.1 Å². The van der Waals surface area contributed by atoms with Gasteiger partial charge in [-0.25, -0.2) is 0 Å². The Morgan fingerprint density at radius 2 is 1.90 bits per heavy atom. The summed E-state index contributed by atoms with van der Waals surface area (Å²) >= 11 is 6.76. The Bertz CT molecular complexity index is 464. The summed E-state index contributed by atoms with van der Waals surface area (Å²) in [7, 11) is 0. The molecule has 1 aliphatic rings. The van der Waals surface area contributed by atoms with Crippen molar-refractivity contribution in [2.45, 2.75) is 38.3 Å². The number of aliphatic hydroxyl groups excluding tert-OH is 1. The Labute approximate surface area is 135 Å². The van der Waals surface area contributed by atoms with Gasteiger partial charge in [0.25, 0.3) is 5.91 Å². The molecule has 1 amide bonds. The summed E-state index contributed by atoms with van der Waals surface area (Å²) in [6, 6.07) is 3.85. The first-order chi connectivity index (χ1) is 9.60. The van der Waals surface area contributed by atoms with Gasteiger partial charge in [-0.05, 0) is 62.4 Å². The van der Waals surface area contributed by atoms with E-state index in [0.29, 0.717) is 20.7 Å². The van der Waals surface area contributed by atoms with Gasteiger partial charge in [0.05, 0.1) is 15.6 Å². The summed E-state index contributed by atoms with van der Waals surface area (Å²) in [6.45, 7) is -0.0498. The molecule has 20 heavy (non-hydrogen) atoms. The fourth-order valence-corrected chi connectivity index (χ4v) is 3.83. The van der Waals surface area contributed by atoms with Crippen molar-refractivity contribution in [2.75, 3.05) is 6.61 Å². The number of carbonyl (C=O) groups excluding carboxylic acids is 1. The fourth-order valence-electron chi connectivity index (χ4n) is 2.32. The SMILES string of the molecule is O=C(COc1c(Br)cc(CO)cc1Br)NC1CCCC1. The summed E-state index contributed by atoms with van der Waals surface area (Å²) in [5.74, 6) is 0.478. The first-order valence-electron chi connectivity index (χ1n) is 6.61. The van der Waals surface area contributed by atoms with E-state index in [2.05, 4.69) is 37.2 Å². The average Bonchev–Trinajstić information content (AvgIpc) is 2.90. The molecule has 2 rings (SSSR count). The highest BCUT2D eigenvalue weighted by atomic mass is 79.9. The predicted octanol–water partition coefficient (Wildman–Crippen LogP) is 3.14. The minimum atomic E-state index is -0.0954. The number of benzene rings is 1. The molecule has 0 aliphatic heterocycles. The van der Waals surface area contributed by atoms with Crippen molar-refractivity contribution in [3.63, 3.8) is 0 Å². The normalized spacial score (nSPS) is 15.3. The van der Waals surface area contributed by atoms with Crippen LogP contribution in [0.2, 0.25) is 0 Å². The number of nitrogens with one attached hydrogen (secondary N) is 1. The third kappa shape index (κ3) is 4.20. The van der Waals surface area contributed by atoms with E-state index in [1.807, 2.05) is 0 Å². The van der Waals surface area contributed by atoms with Crippen molar-refractivity contribution < 1.29 is 14.6 Å². The molecule has 0 bridgehead atoms. The van der Waals surface area contributed by atoms with Crippen molar-refractivity contribution >= 4 is 37.8 Å². The Balaban J connectivity index is 1.91. The fraction of sp³-hybridized carbons (Fsp3) is 0.500. The van der Waals surface area contributed by atoms with Crippen molar-refractivity contribution in [1.82, 2.24) is 5.32 Å². The monoisotopic (exact) mass is 405 g/mol. The molecular weight excluding hydrogens is 390 g/mol. The zero-order chi connectivity index (χ0) is 14.5. The van der Waals surface area contributed by atoms with Gasteiger partial charge in [-0.1, -0.05) is 12.8 Å². The number of halogens is 2. The second-order valence-corrected chi connectivity index (χ2v) is 6.59. The van der Waals surface area contributed by atoms with Gasteiger partial charge in [0.2, 0.25) is 0 Å². The number of hydrogen-bond acceptors (Lipinski definition) is 3. The molecule has 0 aromatic heterocycles. The minimum absolute atomic E-state index is 0.00777. The van der Waals surface area contributed by atoms with Gasteiger partial charge in [0, 0.05) is 6.04 Å². The maximum absolute atomic E-state index is 11.8. The van der Waals surface area contributed by atoms with Crippen molar-refractivity contribution in [3.05, 3.63) is 26.6 Å². The first kappa shape index (κ1) is 15.8. The van der Waals surface area contributed by atoms with E-state index in [9.17, 15) is 4.79 Å². The lowest BCUT2D eigenvalue weighted by molar-refractivity contribution is -0.123. The van der Waals surface area contributed by atoms with Gasteiger partial charge < -0.3 is 15.2 Å². The Kier molecular flexibility index (Phi) is 5.86. The van der Waals surface area contributed by atoms with E-state index in [0.717, 1.165) is 18.4 Å². The number of aliphatic hydroxyl groups is 1. The summed E-state index contributed by atoms with van der Waals surface area (Å²) in [6.07, 6.45) is 4.49. The molecule has 4 nitrogen and oxygen atoms in total. The summed E-state index contributed by atoms with van der Waals surface area (Å²) in [5, 5.41) is 12.1. The maximum Gasteiger partial charge on any atom is 0.258 e. The molecule has 1 fully saturated rings. The summed E-state index contributed by atoms with van der Waals surface area (Å²) in [5.41, 5.74) is 0.770. The molecule has 110 valence electrons. The van der Waals surface area contributed by atoms with Gasteiger partial charge >= 0.3 is 0 Å². The van der Waals surface area contributed by atoms with E-state index in [1.165, 1.54) is 12.8 Å². The van der Waals surface area contributed by atoms with Crippen LogP contribution in [0.4, 0.5) is 0 Å². The molecule has 1 aliphatic carbocycles. The lowest BCUT2D eigenvalue weighted by atomic mass is 10.2. The Morgan fingerprint density at radius 1 is 1.30 bits per heavy atom. The molecule has 0 unspecified atom stereocenters. The number of rotatable bonds is 5. The highest BCUT2D eigenvalue weighted by Crippen LogP contribution is 2.34. The molecule has 0 spiro atoms. The maximum atomic E-state index is 11.8. The van der Waals surface area contributed by atoms with E-state index < -0.39 is 0 Å². The average molecular weight is 407 g/mol. The molecule has 1 saturated carbocycles. The van der Waals surface area contributed by atoms with Gasteiger partial charge in [0.15, 0.2) is 6.61 Å². The highest BCUT2D eigenvalue weighted by Gasteiger charge is 2.18. The number of carbonyl (C=O) groups is 1. The van der Waals surface area contributed by atoms with Crippen LogP contribution in [-0.4, -0.2) is 23.7 Å². The first-order valence-corrected chi connectivity index (χ1v) is 8.19. The van der Waals surface area contributed by atoms with Crippen LogP contribution >= 0.6 is 31.9 Å². The van der Waals surface area contributed by atoms with E-state index in [4.69, 9.17) is 9.84 Å². The van der Waals surface area contributed by atoms with E-state index in [-0.39, 0.29) is 19.1 Å². The molecule has 6 heteroatoms. The lowest BCUT2D eigenvalue weighted by Crippen LogP contribution is -2.36. The van der Waals surface area contributed by atoms with Gasteiger partial charge in [0.1, 0.15) is 5.75 Å². The zero-order valence-corrected chi connectivity index (χ0v) is 14.2. The van der Waals surface area contributed by atoms with E-state index in [1.54, 1.807) is 12.1 Å². The number of amides is 1. The second kappa shape index (κ2) is 7.43. The molecule has 0 heterocycles. The largest absolute Gasteiger partial charge is 0.481 e. The number of ether oxygens (including phenoxy) is 1. The van der Waals surface area contributed by atoms with Crippen LogP contribution in [-0.2, 0) is 11.4 Å². The highest BCUT2D eigenvalue weighted by molar-refractivity contribution is 9.11. The Morgan fingerprint density at radius 3 is 2.45 bits per heavy atom. The molecule has 0 atom stereocenters. The smallest absolute Gasteiger partial charge is 0.258 e. The van der Waals surface area contributed by atoms with Gasteiger partial charge in [-0.2, -0.15) is 0 Å². The van der Waals surface area contributed by atoms with Crippen LogP contribution in [0.5, 0.6) is 5.75 Å². The van der Waals surface area contributed by atoms with Crippen LogP contribution in [0.1, 0.15) is 31.2 Å².